The number of hydrogen-bond acceptors (Lipinski definition) is 4. The van der Waals surface area contributed by atoms with E-state index in [0.717, 1.165) is 60.9 Å². The third kappa shape index (κ3) is 5.35. The zero-order chi connectivity index (χ0) is 32.6. The van der Waals surface area contributed by atoms with Crippen LogP contribution in [0.3, 0.4) is 0 Å². The average molecular weight is 628 g/mol. The lowest BCUT2D eigenvalue weighted by atomic mass is 9.96. The van der Waals surface area contributed by atoms with Crippen LogP contribution in [-0.4, -0.2) is 15.0 Å². The summed E-state index contributed by atoms with van der Waals surface area (Å²) >= 11 is 0. The molecule has 0 aliphatic heterocycles. The van der Waals surface area contributed by atoms with Gasteiger partial charge in [-0.3, -0.25) is 0 Å². The van der Waals surface area contributed by atoms with Crippen LogP contribution in [-0.2, 0) is 0 Å². The number of hydrogen-bond donors (Lipinski definition) is 0. The van der Waals surface area contributed by atoms with Gasteiger partial charge in [-0.2, -0.15) is 0 Å². The predicted molar refractivity (Wildman–Crippen MR) is 200 cm³/mol. The number of fused-ring (bicyclic) bond motifs is 3. The molecule has 0 atom stereocenters. The normalized spacial score (nSPS) is 11.3. The molecule has 0 aliphatic rings. The molecule has 7 aromatic carbocycles. The van der Waals surface area contributed by atoms with Crippen molar-refractivity contribution in [2.45, 2.75) is 0 Å². The summed E-state index contributed by atoms with van der Waals surface area (Å²) < 4.78 is 6.53. The smallest absolute Gasteiger partial charge is 0.164 e. The van der Waals surface area contributed by atoms with Crippen molar-refractivity contribution >= 4 is 21.9 Å². The van der Waals surface area contributed by atoms with E-state index in [1.807, 2.05) is 72.8 Å². The highest BCUT2D eigenvalue weighted by Gasteiger charge is 2.18. The van der Waals surface area contributed by atoms with Gasteiger partial charge < -0.3 is 4.42 Å². The zero-order valence-corrected chi connectivity index (χ0v) is 26.5. The van der Waals surface area contributed by atoms with Crippen LogP contribution < -0.4 is 0 Å². The molecule has 2 heterocycles. The maximum absolute atomic E-state index is 6.53. The van der Waals surface area contributed by atoms with Crippen LogP contribution in [0.5, 0.6) is 0 Å². The molecule has 0 bridgehead atoms. The monoisotopic (exact) mass is 627 g/mol. The lowest BCUT2D eigenvalue weighted by molar-refractivity contribution is 0.669. The van der Waals surface area contributed by atoms with Crippen molar-refractivity contribution in [3.05, 3.63) is 176 Å². The van der Waals surface area contributed by atoms with Crippen LogP contribution in [0.25, 0.3) is 89.5 Å². The minimum absolute atomic E-state index is 0.588. The van der Waals surface area contributed by atoms with Gasteiger partial charge in [-0.25, -0.2) is 15.0 Å². The summed E-state index contributed by atoms with van der Waals surface area (Å²) in [6, 6.07) is 60.4. The van der Waals surface area contributed by atoms with Gasteiger partial charge in [0.15, 0.2) is 17.5 Å². The van der Waals surface area contributed by atoms with Gasteiger partial charge in [0.1, 0.15) is 11.2 Å². The van der Waals surface area contributed by atoms with Crippen LogP contribution in [0.1, 0.15) is 0 Å². The Bertz CT molecular complexity index is 2590. The maximum atomic E-state index is 6.53. The zero-order valence-electron chi connectivity index (χ0n) is 26.5. The number of benzene rings is 7. The van der Waals surface area contributed by atoms with Crippen molar-refractivity contribution in [2.75, 3.05) is 0 Å². The predicted octanol–water partition coefficient (Wildman–Crippen LogP) is 11.8. The Balaban J connectivity index is 1.19. The van der Waals surface area contributed by atoms with Gasteiger partial charge in [0.05, 0.1) is 0 Å². The minimum Gasteiger partial charge on any atom is -0.456 e. The highest BCUT2D eigenvalue weighted by Crippen LogP contribution is 2.39. The Labute approximate surface area is 284 Å². The molecule has 0 unspecified atom stereocenters. The Morgan fingerprint density at radius 3 is 1.61 bits per heavy atom. The second-order valence-electron chi connectivity index (χ2n) is 12.0. The first kappa shape index (κ1) is 28.6. The van der Waals surface area contributed by atoms with Gasteiger partial charge in [0.25, 0.3) is 0 Å². The third-order valence-electron chi connectivity index (χ3n) is 8.96. The van der Waals surface area contributed by atoms with E-state index in [-0.39, 0.29) is 0 Å². The fourth-order valence-electron chi connectivity index (χ4n) is 6.59. The molecule has 2 aromatic heterocycles. The molecule has 0 fully saturated rings. The van der Waals surface area contributed by atoms with E-state index in [2.05, 4.69) is 103 Å². The van der Waals surface area contributed by atoms with E-state index >= 15 is 0 Å². The van der Waals surface area contributed by atoms with Gasteiger partial charge in [-0.15, -0.1) is 0 Å². The third-order valence-corrected chi connectivity index (χ3v) is 8.96. The molecule has 4 heteroatoms. The van der Waals surface area contributed by atoms with Crippen LogP contribution in [0, 0.1) is 0 Å². The molecule has 0 saturated carbocycles. The van der Waals surface area contributed by atoms with Crippen molar-refractivity contribution in [2.24, 2.45) is 0 Å². The van der Waals surface area contributed by atoms with Gasteiger partial charge in [0, 0.05) is 27.5 Å². The fraction of sp³-hybridized carbons (Fsp3) is 0. The topological polar surface area (TPSA) is 51.8 Å². The highest BCUT2D eigenvalue weighted by molar-refractivity contribution is 6.13. The molecule has 0 N–H and O–H groups in total. The highest BCUT2D eigenvalue weighted by atomic mass is 16.3. The van der Waals surface area contributed by atoms with Crippen molar-refractivity contribution in [1.29, 1.82) is 0 Å². The summed E-state index contributed by atoms with van der Waals surface area (Å²) in [6.45, 7) is 0. The first-order chi connectivity index (χ1) is 24.3. The van der Waals surface area contributed by atoms with Crippen LogP contribution in [0.4, 0.5) is 0 Å². The molecule has 230 valence electrons. The second-order valence-corrected chi connectivity index (χ2v) is 12.0. The Morgan fingerprint density at radius 2 is 0.857 bits per heavy atom. The van der Waals surface area contributed by atoms with Crippen molar-refractivity contribution < 1.29 is 4.42 Å². The standard InChI is InChI=1S/C45H29N3O/c1-4-14-30(15-5-1)33-20-12-21-34(28-33)37-24-13-25-40-42(37)39-27-26-35(29-41(39)49-40)44-46-43(32-18-8-3-9-19-32)47-45(48-44)38-23-11-10-22-36(38)31-16-6-2-7-17-31/h1-29H. The average Bonchev–Trinajstić information content (AvgIpc) is 3.57. The Hall–Kier alpha value is -6.65. The first-order valence-corrected chi connectivity index (χ1v) is 16.4. The summed E-state index contributed by atoms with van der Waals surface area (Å²) in [5, 5.41) is 2.14. The molecule has 0 radical (unpaired) electrons. The summed E-state index contributed by atoms with van der Waals surface area (Å²) in [6.07, 6.45) is 0. The molecule has 0 amide bonds. The van der Waals surface area contributed by atoms with Gasteiger partial charge >= 0.3 is 0 Å². The summed E-state index contributed by atoms with van der Waals surface area (Å²) in [5.74, 6) is 1.83. The van der Waals surface area contributed by atoms with Crippen molar-refractivity contribution in [1.82, 2.24) is 15.0 Å². The van der Waals surface area contributed by atoms with E-state index in [4.69, 9.17) is 19.4 Å². The summed E-state index contributed by atoms with van der Waals surface area (Å²) in [7, 11) is 0. The maximum Gasteiger partial charge on any atom is 0.164 e. The molecule has 0 saturated heterocycles. The van der Waals surface area contributed by atoms with Crippen LogP contribution in [0.2, 0.25) is 0 Å². The molecule has 0 spiro atoms. The van der Waals surface area contributed by atoms with Crippen molar-refractivity contribution in [3.63, 3.8) is 0 Å². The largest absolute Gasteiger partial charge is 0.456 e. The number of rotatable bonds is 6. The molecule has 49 heavy (non-hydrogen) atoms. The van der Waals surface area contributed by atoms with Crippen LogP contribution >= 0.6 is 0 Å². The first-order valence-electron chi connectivity index (χ1n) is 16.4. The van der Waals surface area contributed by atoms with Gasteiger partial charge in [-0.1, -0.05) is 152 Å². The Kier molecular flexibility index (Phi) is 7.10. The lowest BCUT2D eigenvalue weighted by Gasteiger charge is -2.12. The van der Waals surface area contributed by atoms with E-state index in [1.165, 1.54) is 11.1 Å². The summed E-state index contributed by atoms with van der Waals surface area (Å²) in [4.78, 5) is 15.1. The van der Waals surface area contributed by atoms with E-state index < -0.39 is 0 Å². The van der Waals surface area contributed by atoms with Crippen LogP contribution in [0.15, 0.2) is 180 Å². The molecule has 4 nitrogen and oxygen atoms in total. The molecule has 9 aromatic rings. The van der Waals surface area contributed by atoms with Crippen molar-refractivity contribution in [3.8, 4) is 67.5 Å². The van der Waals surface area contributed by atoms with Gasteiger partial charge in [0.2, 0.25) is 0 Å². The molecular weight excluding hydrogens is 599 g/mol. The Morgan fingerprint density at radius 1 is 0.306 bits per heavy atom. The van der Waals surface area contributed by atoms with E-state index in [0.29, 0.717) is 17.5 Å². The SMILES string of the molecule is c1ccc(-c2cccc(-c3cccc4oc5cc(-c6nc(-c7ccccc7)nc(-c7ccccc7-c7ccccc7)n6)ccc5c34)c2)cc1. The van der Waals surface area contributed by atoms with E-state index in [1.54, 1.807) is 0 Å². The summed E-state index contributed by atoms with van der Waals surface area (Å²) in [5.41, 5.74) is 11.2. The molecular formula is C45H29N3O. The minimum atomic E-state index is 0.588. The quantitative estimate of drug-likeness (QED) is 0.184. The number of furan rings is 1. The fourth-order valence-corrected chi connectivity index (χ4v) is 6.59. The molecule has 0 aliphatic carbocycles. The number of aromatic nitrogens is 3. The number of nitrogens with zero attached hydrogens (tertiary/aromatic N) is 3. The second kappa shape index (κ2) is 12.2. The van der Waals surface area contributed by atoms with Gasteiger partial charge in [-0.05, 0) is 57.6 Å². The van der Waals surface area contributed by atoms with E-state index in [9.17, 15) is 0 Å². The lowest BCUT2D eigenvalue weighted by Crippen LogP contribution is -2.01. The molecule has 9 rings (SSSR count).